The van der Waals surface area contributed by atoms with Gasteiger partial charge >= 0.3 is 6.61 Å². The molecule has 0 bridgehead atoms. The van der Waals surface area contributed by atoms with Crippen LogP contribution in [0.5, 0.6) is 11.5 Å². The molecule has 7 heteroatoms. The minimum absolute atomic E-state index is 0.00491. The lowest BCUT2D eigenvalue weighted by Gasteiger charge is -2.11. The molecule has 1 aromatic rings. The number of alkyl halides is 2. The first-order valence-corrected chi connectivity index (χ1v) is 5.20. The average molecular weight is 259 g/mol. The fraction of sp³-hybridized carbons (Fsp3) is 0.364. The summed E-state index contributed by atoms with van der Waals surface area (Å²) in [4.78, 5) is 3.81. The van der Waals surface area contributed by atoms with Crippen LogP contribution < -0.4 is 20.9 Å². The molecular weight excluding hydrogens is 244 g/mol. The summed E-state index contributed by atoms with van der Waals surface area (Å²) in [5.74, 6) is 0.239. The highest BCUT2D eigenvalue weighted by molar-refractivity contribution is 5.75. The highest BCUT2D eigenvalue weighted by Crippen LogP contribution is 2.29. The van der Waals surface area contributed by atoms with Gasteiger partial charge in [-0.15, -0.1) is 0 Å². The van der Waals surface area contributed by atoms with Gasteiger partial charge in [0.05, 0.1) is 7.11 Å². The van der Waals surface area contributed by atoms with Gasteiger partial charge in [-0.3, -0.25) is 4.99 Å². The predicted molar refractivity (Wildman–Crippen MR) is 64.0 cm³/mol. The fourth-order valence-electron chi connectivity index (χ4n) is 1.38. The number of hydrogen-bond donors (Lipinski definition) is 2. The monoisotopic (exact) mass is 259 g/mol. The van der Waals surface area contributed by atoms with Crippen molar-refractivity contribution in [2.24, 2.45) is 16.5 Å². The van der Waals surface area contributed by atoms with Crippen molar-refractivity contribution in [1.82, 2.24) is 0 Å². The van der Waals surface area contributed by atoms with Gasteiger partial charge in [-0.05, 0) is 24.1 Å². The lowest BCUT2D eigenvalue weighted by Crippen LogP contribution is -2.23. The third-order valence-corrected chi connectivity index (χ3v) is 2.14. The van der Waals surface area contributed by atoms with Crippen LogP contribution in [0.3, 0.4) is 0 Å². The van der Waals surface area contributed by atoms with E-state index in [4.69, 9.17) is 16.2 Å². The van der Waals surface area contributed by atoms with Gasteiger partial charge in [-0.25, -0.2) is 0 Å². The molecule has 100 valence electrons. The van der Waals surface area contributed by atoms with Crippen molar-refractivity contribution in [2.75, 3.05) is 13.7 Å². The van der Waals surface area contributed by atoms with Crippen molar-refractivity contribution in [1.29, 1.82) is 0 Å². The number of rotatable bonds is 6. The Morgan fingerprint density at radius 1 is 1.33 bits per heavy atom. The summed E-state index contributed by atoms with van der Waals surface area (Å²) in [6, 6.07) is 4.77. The number of nitrogens with two attached hydrogens (primary N) is 2. The zero-order chi connectivity index (χ0) is 13.5. The van der Waals surface area contributed by atoms with Crippen molar-refractivity contribution < 1.29 is 18.3 Å². The number of nitrogens with zero attached hydrogens (tertiary/aromatic N) is 1. The minimum atomic E-state index is -2.90. The summed E-state index contributed by atoms with van der Waals surface area (Å²) in [6.07, 6.45) is 0.515. The van der Waals surface area contributed by atoms with Crippen LogP contribution in [0.25, 0.3) is 0 Å². The molecule has 0 unspecified atom stereocenters. The van der Waals surface area contributed by atoms with Crippen molar-refractivity contribution in [3.63, 3.8) is 0 Å². The highest BCUT2D eigenvalue weighted by atomic mass is 19.3. The van der Waals surface area contributed by atoms with E-state index in [1.54, 1.807) is 12.1 Å². The summed E-state index contributed by atoms with van der Waals surface area (Å²) in [7, 11) is 1.38. The smallest absolute Gasteiger partial charge is 0.387 e. The maximum atomic E-state index is 12.2. The SMILES string of the molecule is COc1ccc(CCN=C(N)N)cc1OC(F)F. The Hall–Kier alpha value is -2.05. The summed E-state index contributed by atoms with van der Waals surface area (Å²) in [5, 5.41) is 0. The molecule has 5 nitrogen and oxygen atoms in total. The second-order valence-corrected chi connectivity index (χ2v) is 3.42. The number of aliphatic imine (C=N–C) groups is 1. The Morgan fingerprint density at radius 2 is 2.06 bits per heavy atom. The van der Waals surface area contributed by atoms with E-state index < -0.39 is 6.61 Å². The molecule has 4 N–H and O–H groups in total. The van der Waals surface area contributed by atoms with Crippen LogP contribution in [0.1, 0.15) is 5.56 Å². The highest BCUT2D eigenvalue weighted by Gasteiger charge is 2.11. The minimum Gasteiger partial charge on any atom is -0.493 e. The second-order valence-electron chi connectivity index (χ2n) is 3.42. The summed E-state index contributed by atoms with van der Waals surface area (Å²) in [5.41, 5.74) is 11.1. The van der Waals surface area contributed by atoms with Gasteiger partial charge in [0.2, 0.25) is 0 Å². The molecule has 0 aromatic heterocycles. The first-order valence-electron chi connectivity index (χ1n) is 5.20. The Kier molecular flexibility index (Phi) is 5.16. The third-order valence-electron chi connectivity index (χ3n) is 2.14. The predicted octanol–water partition coefficient (Wildman–Crippen LogP) is 1.11. The van der Waals surface area contributed by atoms with Gasteiger partial charge in [-0.2, -0.15) is 8.78 Å². The van der Waals surface area contributed by atoms with Gasteiger partial charge < -0.3 is 20.9 Å². The molecule has 0 atom stereocenters. The molecule has 0 aliphatic rings. The molecule has 0 amide bonds. The number of halogens is 2. The lowest BCUT2D eigenvalue weighted by atomic mass is 10.1. The Balaban J connectivity index is 2.78. The van der Waals surface area contributed by atoms with Crippen LogP contribution in [-0.2, 0) is 6.42 Å². The normalized spacial score (nSPS) is 10.2. The van der Waals surface area contributed by atoms with E-state index in [0.29, 0.717) is 13.0 Å². The fourth-order valence-corrected chi connectivity index (χ4v) is 1.38. The summed E-state index contributed by atoms with van der Waals surface area (Å²) < 4.78 is 33.7. The van der Waals surface area contributed by atoms with Crippen LogP contribution in [0.4, 0.5) is 8.78 Å². The molecule has 1 rings (SSSR count). The molecule has 18 heavy (non-hydrogen) atoms. The molecule has 0 spiro atoms. The average Bonchev–Trinajstić information content (AvgIpc) is 2.28. The van der Waals surface area contributed by atoms with E-state index in [0.717, 1.165) is 5.56 Å². The topological polar surface area (TPSA) is 82.9 Å². The maximum absolute atomic E-state index is 12.2. The molecule has 0 saturated carbocycles. The van der Waals surface area contributed by atoms with Gasteiger partial charge in [-0.1, -0.05) is 6.07 Å². The maximum Gasteiger partial charge on any atom is 0.387 e. The number of benzene rings is 1. The molecule has 1 aromatic carbocycles. The molecular formula is C11H15F2N3O2. The van der Waals surface area contributed by atoms with E-state index in [1.807, 2.05) is 0 Å². The number of ether oxygens (including phenoxy) is 2. The van der Waals surface area contributed by atoms with Crippen molar-refractivity contribution in [3.05, 3.63) is 23.8 Å². The number of methoxy groups -OCH3 is 1. The third kappa shape index (κ3) is 4.44. The van der Waals surface area contributed by atoms with Gasteiger partial charge in [0.15, 0.2) is 17.5 Å². The quantitative estimate of drug-likeness (QED) is 0.592. The van der Waals surface area contributed by atoms with Crippen LogP contribution >= 0.6 is 0 Å². The molecule has 0 aliphatic heterocycles. The van der Waals surface area contributed by atoms with Crippen molar-refractivity contribution in [2.45, 2.75) is 13.0 Å². The Bertz CT molecular complexity index is 421. The van der Waals surface area contributed by atoms with Crippen LogP contribution in [0.2, 0.25) is 0 Å². The summed E-state index contributed by atoms with van der Waals surface area (Å²) in [6.45, 7) is -2.52. The Labute approximate surface area is 103 Å². The van der Waals surface area contributed by atoms with Gasteiger partial charge in [0.25, 0.3) is 0 Å². The molecule has 0 saturated heterocycles. The first kappa shape index (κ1) is 14.0. The second kappa shape index (κ2) is 6.63. The van der Waals surface area contributed by atoms with Crippen molar-refractivity contribution in [3.8, 4) is 11.5 Å². The van der Waals surface area contributed by atoms with E-state index >= 15 is 0 Å². The zero-order valence-corrected chi connectivity index (χ0v) is 9.90. The molecule has 0 fully saturated rings. The standard InChI is InChI=1S/C11H15F2N3O2/c1-17-8-3-2-7(4-5-16-11(14)15)6-9(8)18-10(12)13/h2-3,6,10H,4-5H2,1H3,(H4,14,15,16). The zero-order valence-electron chi connectivity index (χ0n) is 9.90. The van der Waals surface area contributed by atoms with E-state index in [1.165, 1.54) is 13.2 Å². The van der Waals surface area contributed by atoms with Gasteiger partial charge in [0, 0.05) is 6.54 Å². The van der Waals surface area contributed by atoms with E-state index in [-0.39, 0.29) is 17.5 Å². The van der Waals surface area contributed by atoms with Crippen LogP contribution in [-0.4, -0.2) is 26.2 Å². The van der Waals surface area contributed by atoms with Crippen molar-refractivity contribution >= 4 is 5.96 Å². The molecule has 0 aliphatic carbocycles. The van der Waals surface area contributed by atoms with Crippen LogP contribution in [0, 0.1) is 0 Å². The number of hydrogen-bond acceptors (Lipinski definition) is 3. The summed E-state index contributed by atoms with van der Waals surface area (Å²) >= 11 is 0. The molecule has 0 heterocycles. The van der Waals surface area contributed by atoms with Gasteiger partial charge in [0.1, 0.15) is 0 Å². The lowest BCUT2D eigenvalue weighted by molar-refractivity contribution is -0.0512. The van der Waals surface area contributed by atoms with Crippen LogP contribution in [0.15, 0.2) is 23.2 Å². The van der Waals surface area contributed by atoms with E-state index in [9.17, 15) is 8.78 Å². The number of guanidine groups is 1. The van der Waals surface area contributed by atoms with E-state index in [2.05, 4.69) is 9.73 Å². The largest absolute Gasteiger partial charge is 0.493 e. The molecule has 0 radical (unpaired) electrons. The first-order chi connectivity index (χ1) is 8.52. The Morgan fingerprint density at radius 3 is 2.61 bits per heavy atom.